The molecule has 2 unspecified atom stereocenters. The minimum absolute atomic E-state index is 0.00216. The summed E-state index contributed by atoms with van der Waals surface area (Å²) in [5.41, 5.74) is -0.509. The number of alkyl halides is 3. The van der Waals surface area contributed by atoms with E-state index in [0.717, 1.165) is 29.9 Å². The molecule has 39 heavy (non-hydrogen) atoms. The molecule has 0 saturated carbocycles. The number of carboxylic acids is 1. The molecule has 0 radical (unpaired) electrons. The molecule has 1 aliphatic rings. The summed E-state index contributed by atoms with van der Waals surface area (Å²) in [6.07, 6.45) is -3.28. The summed E-state index contributed by atoms with van der Waals surface area (Å²) in [4.78, 5) is 11.5. The van der Waals surface area contributed by atoms with E-state index in [1.54, 1.807) is 18.2 Å². The molecular formula is C29H32F3NO5S. The van der Waals surface area contributed by atoms with Gasteiger partial charge in [-0.15, -0.1) is 0 Å². The molecule has 0 fully saturated rings. The first-order valence-corrected chi connectivity index (χ1v) is 13.2. The van der Waals surface area contributed by atoms with Crippen LogP contribution in [0.2, 0.25) is 0 Å². The van der Waals surface area contributed by atoms with Crippen LogP contribution in [0.25, 0.3) is 0 Å². The molecule has 2 atom stereocenters. The number of thiol groups is 1. The predicted octanol–water partition coefficient (Wildman–Crippen LogP) is 6.88. The third kappa shape index (κ3) is 8.83. The number of benzene rings is 3. The van der Waals surface area contributed by atoms with Crippen LogP contribution in [-0.2, 0) is 12.6 Å². The molecular weight excluding hydrogens is 531 g/mol. The highest BCUT2D eigenvalue weighted by Gasteiger charge is 2.32. The van der Waals surface area contributed by atoms with E-state index in [1.807, 2.05) is 44.2 Å². The predicted molar refractivity (Wildman–Crippen MR) is 147 cm³/mol. The van der Waals surface area contributed by atoms with E-state index in [0.29, 0.717) is 37.9 Å². The second-order valence-corrected chi connectivity index (χ2v) is 9.33. The summed E-state index contributed by atoms with van der Waals surface area (Å²) in [6, 6.07) is 16.7. The van der Waals surface area contributed by atoms with Crippen molar-refractivity contribution in [3.05, 3.63) is 83.4 Å². The number of halogens is 3. The Morgan fingerprint density at radius 1 is 1.10 bits per heavy atom. The minimum Gasteiger partial charge on any atom is -0.492 e. The fourth-order valence-electron chi connectivity index (χ4n) is 3.89. The highest BCUT2D eigenvalue weighted by Crippen LogP contribution is 2.37. The average Bonchev–Trinajstić information content (AvgIpc) is 2.93. The Kier molecular flexibility index (Phi) is 10.9. The fraction of sp³-hybridized carbons (Fsp3) is 0.345. The van der Waals surface area contributed by atoms with Crippen LogP contribution < -0.4 is 19.5 Å². The summed E-state index contributed by atoms with van der Waals surface area (Å²) in [5, 5.41) is 12.7. The van der Waals surface area contributed by atoms with E-state index in [-0.39, 0.29) is 28.4 Å². The van der Waals surface area contributed by atoms with Gasteiger partial charge >= 0.3 is 12.1 Å². The van der Waals surface area contributed by atoms with Crippen molar-refractivity contribution >= 4 is 18.6 Å². The van der Waals surface area contributed by atoms with Gasteiger partial charge in [0.1, 0.15) is 41.3 Å². The number of para-hydroxylation sites is 1. The fourth-order valence-corrected chi connectivity index (χ4v) is 4.10. The Morgan fingerprint density at radius 3 is 2.54 bits per heavy atom. The van der Waals surface area contributed by atoms with E-state index in [1.165, 1.54) is 0 Å². The third-order valence-electron chi connectivity index (χ3n) is 5.77. The van der Waals surface area contributed by atoms with Gasteiger partial charge in [-0.1, -0.05) is 32.0 Å². The molecule has 2 N–H and O–H groups in total. The number of fused-ring (bicyclic) bond motifs is 1. The van der Waals surface area contributed by atoms with E-state index in [2.05, 4.69) is 17.9 Å². The van der Waals surface area contributed by atoms with Gasteiger partial charge in [0.15, 0.2) is 0 Å². The molecule has 1 heterocycles. The third-order valence-corrected chi connectivity index (χ3v) is 6.10. The number of hydrogen-bond acceptors (Lipinski definition) is 6. The van der Waals surface area contributed by atoms with Crippen molar-refractivity contribution in [2.75, 3.05) is 19.7 Å². The number of hydrogen-bond donors (Lipinski definition) is 3. The van der Waals surface area contributed by atoms with Crippen LogP contribution in [0.5, 0.6) is 23.0 Å². The van der Waals surface area contributed by atoms with Crippen molar-refractivity contribution in [3.8, 4) is 23.0 Å². The van der Waals surface area contributed by atoms with Crippen LogP contribution in [0.3, 0.4) is 0 Å². The van der Waals surface area contributed by atoms with E-state index in [9.17, 15) is 23.1 Å². The number of aryl methyl sites for hydroxylation is 1. The first-order chi connectivity index (χ1) is 18.7. The summed E-state index contributed by atoms with van der Waals surface area (Å²) >= 11 is 4.56. The Labute approximate surface area is 231 Å². The Bertz CT molecular complexity index is 1220. The minimum atomic E-state index is -4.62. The summed E-state index contributed by atoms with van der Waals surface area (Å²) in [7, 11) is 0. The van der Waals surface area contributed by atoms with E-state index >= 15 is 0 Å². The zero-order valence-corrected chi connectivity index (χ0v) is 22.6. The maximum Gasteiger partial charge on any atom is 0.416 e. The molecule has 0 bridgehead atoms. The van der Waals surface area contributed by atoms with Gasteiger partial charge in [0.05, 0.1) is 5.56 Å². The number of nitrogens with one attached hydrogen (secondary N) is 1. The quantitative estimate of drug-likeness (QED) is 0.234. The van der Waals surface area contributed by atoms with E-state index in [4.69, 9.17) is 14.2 Å². The lowest BCUT2D eigenvalue weighted by atomic mass is 10.0. The van der Waals surface area contributed by atoms with Gasteiger partial charge in [0, 0.05) is 18.3 Å². The average molecular weight is 564 g/mol. The van der Waals surface area contributed by atoms with Gasteiger partial charge in [-0.3, -0.25) is 0 Å². The zero-order valence-electron chi connectivity index (χ0n) is 21.7. The molecule has 0 saturated heterocycles. The monoisotopic (exact) mass is 563 g/mol. The van der Waals surface area contributed by atoms with Crippen LogP contribution in [0, 0.1) is 0 Å². The smallest absolute Gasteiger partial charge is 0.416 e. The van der Waals surface area contributed by atoms with Gasteiger partial charge in [0.25, 0.3) is 0 Å². The van der Waals surface area contributed by atoms with Crippen molar-refractivity contribution in [1.29, 1.82) is 0 Å². The standard InChI is InChI=1S/C27H26F3NO5S.C2H6/c28-27(29,30)18-7-10-23(26(32)33)25(13-18)35-20-9-11-24-17(12-20)6-8-21(36-24)14-31-15-22(37)16-34-19-4-2-1-3-5-19;1-2/h1-5,7,9-13,21-22,31,37H,6,8,14-16H2,(H,32,33);1-2H3. The molecule has 0 spiro atoms. The number of carboxylic acid groups (broad SMARTS) is 1. The molecule has 10 heteroatoms. The molecule has 0 aliphatic carbocycles. The van der Waals surface area contributed by atoms with Gasteiger partial charge in [-0.25, -0.2) is 4.79 Å². The first-order valence-electron chi connectivity index (χ1n) is 12.7. The molecule has 3 aromatic carbocycles. The molecule has 6 nitrogen and oxygen atoms in total. The lowest BCUT2D eigenvalue weighted by Gasteiger charge is -2.27. The summed E-state index contributed by atoms with van der Waals surface area (Å²) in [5.74, 6) is -0.0711. The van der Waals surface area contributed by atoms with Crippen molar-refractivity contribution in [1.82, 2.24) is 5.32 Å². The number of carbonyl (C=O) groups is 1. The zero-order chi connectivity index (χ0) is 28.4. The Hall–Kier alpha value is -3.37. The van der Waals surface area contributed by atoms with Crippen LogP contribution in [0.1, 0.15) is 41.8 Å². The number of rotatable bonds is 10. The van der Waals surface area contributed by atoms with E-state index < -0.39 is 17.7 Å². The van der Waals surface area contributed by atoms with Crippen molar-refractivity contribution < 1.29 is 37.3 Å². The van der Waals surface area contributed by atoms with Crippen LogP contribution >= 0.6 is 12.6 Å². The topological polar surface area (TPSA) is 77.0 Å². The number of ether oxygens (including phenoxy) is 3. The molecule has 0 amide bonds. The second-order valence-electron chi connectivity index (χ2n) is 8.60. The van der Waals surface area contributed by atoms with Crippen molar-refractivity contribution in [2.45, 2.75) is 44.2 Å². The largest absolute Gasteiger partial charge is 0.492 e. The Morgan fingerprint density at radius 2 is 1.85 bits per heavy atom. The van der Waals surface area contributed by atoms with Gasteiger partial charge < -0.3 is 24.6 Å². The number of aromatic carboxylic acids is 1. The molecule has 210 valence electrons. The van der Waals surface area contributed by atoms with Crippen molar-refractivity contribution in [3.63, 3.8) is 0 Å². The maximum absolute atomic E-state index is 13.1. The molecule has 4 rings (SSSR count). The molecule has 1 aliphatic heterocycles. The van der Waals surface area contributed by atoms with Gasteiger partial charge in [0.2, 0.25) is 0 Å². The highest BCUT2D eigenvalue weighted by molar-refractivity contribution is 7.81. The molecule has 0 aromatic heterocycles. The summed E-state index contributed by atoms with van der Waals surface area (Å²) < 4.78 is 56.7. The lowest BCUT2D eigenvalue weighted by molar-refractivity contribution is -0.137. The lowest BCUT2D eigenvalue weighted by Crippen LogP contribution is -2.37. The highest BCUT2D eigenvalue weighted by atomic mass is 32.1. The van der Waals surface area contributed by atoms with Crippen molar-refractivity contribution in [2.24, 2.45) is 0 Å². The summed E-state index contributed by atoms with van der Waals surface area (Å²) in [6.45, 7) is 5.72. The second kappa shape index (κ2) is 14.1. The Balaban J connectivity index is 0.00000205. The van der Waals surface area contributed by atoms with Crippen LogP contribution in [-0.4, -0.2) is 42.1 Å². The van der Waals surface area contributed by atoms with Crippen LogP contribution in [0.15, 0.2) is 66.7 Å². The normalized spacial score (nSPS) is 15.2. The van der Waals surface area contributed by atoms with Crippen LogP contribution in [0.4, 0.5) is 13.2 Å². The van der Waals surface area contributed by atoms with Gasteiger partial charge in [-0.05, 0) is 66.9 Å². The SMILES string of the molecule is CC.O=C(O)c1ccc(C(F)(F)F)cc1Oc1ccc2c(c1)CCC(CNCC(S)COc1ccccc1)O2. The maximum atomic E-state index is 13.1. The van der Waals surface area contributed by atoms with Gasteiger partial charge in [-0.2, -0.15) is 25.8 Å². The first kappa shape index (κ1) is 30.2. The molecule has 3 aromatic rings.